The molecule has 0 bridgehead atoms. The highest BCUT2D eigenvalue weighted by Gasteiger charge is 2.06. The van der Waals surface area contributed by atoms with Crippen molar-refractivity contribution >= 4 is 5.69 Å². The summed E-state index contributed by atoms with van der Waals surface area (Å²) in [5, 5.41) is 8.46. The van der Waals surface area contributed by atoms with Crippen LogP contribution in [0.25, 0.3) is 16.9 Å². The summed E-state index contributed by atoms with van der Waals surface area (Å²) in [5.41, 5.74) is 3.85. The molecule has 0 spiro atoms. The molecule has 142 valence electrons. The molecule has 27 heavy (non-hydrogen) atoms. The SMILES string of the molecule is CN(C)c1ccc(-c2cn(-c3ccc(OCCOCCF)cc3)nn2)cc1. The average molecular weight is 370 g/mol. The lowest BCUT2D eigenvalue weighted by Gasteiger charge is -2.11. The van der Waals surface area contributed by atoms with Gasteiger partial charge in [0, 0.05) is 25.3 Å². The minimum Gasteiger partial charge on any atom is -0.491 e. The zero-order valence-electron chi connectivity index (χ0n) is 15.5. The Morgan fingerprint density at radius 3 is 2.37 bits per heavy atom. The monoisotopic (exact) mass is 370 g/mol. The van der Waals surface area contributed by atoms with Crippen LogP contribution in [0.3, 0.4) is 0 Å². The molecule has 0 saturated heterocycles. The Balaban J connectivity index is 1.62. The van der Waals surface area contributed by atoms with Gasteiger partial charge in [0.15, 0.2) is 0 Å². The topological polar surface area (TPSA) is 52.4 Å². The summed E-state index contributed by atoms with van der Waals surface area (Å²) in [6.07, 6.45) is 1.89. The van der Waals surface area contributed by atoms with Gasteiger partial charge in [0.1, 0.15) is 24.7 Å². The third-order valence-corrected chi connectivity index (χ3v) is 3.99. The maximum atomic E-state index is 11.9. The minimum atomic E-state index is -0.478. The molecule has 3 aromatic rings. The van der Waals surface area contributed by atoms with Gasteiger partial charge < -0.3 is 14.4 Å². The van der Waals surface area contributed by atoms with Crippen LogP contribution in [0.1, 0.15) is 0 Å². The van der Waals surface area contributed by atoms with Crippen molar-refractivity contribution in [3.8, 4) is 22.7 Å². The molecule has 0 N–H and O–H groups in total. The quantitative estimate of drug-likeness (QED) is 0.541. The van der Waals surface area contributed by atoms with E-state index in [1.807, 2.05) is 56.7 Å². The van der Waals surface area contributed by atoms with Crippen LogP contribution in [-0.2, 0) is 4.74 Å². The standard InChI is InChI=1S/C20H23FN4O2/c1-24(2)17-5-3-16(4-6-17)20-15-25(23-22-20)18-7-9-19(10-8-18)27-14-13-26-12-11-21/h3-10,15H,11-14H2,1-2H3. The normalized spacial score (nSPS) is 10.8. The van der Waals surface area contributed by atoms with Gasteiger partial charge in [0.25, 0.3) is 0 Å². The van der Waals surface area contributed by atoms with E-state index in [1.165, 1.54) is 0 Å². The van der Waals surface area contributed by atoms with Crippen LogP contribution in [-0.4, -0.2) is 55.6 Å². The van der Waals surface area contributed by atoms with Crippen LogP contribution in [0.2, 0.25) is 0 Å². The maximum absolute atomic E-state index is 11.9. The first kappa shape index (κ1) is 18.8. The molecule has 0 aliphatic rings. The van der Waals surface area contributed by atoms with Crippen molar-refractivity contribution < 1.29 is 13.9 Å². The molecule has 0 saturated carbocycles. The van der Waals surface area contributed by atoms with E-state index in [2.05, 4.69) is 27.3 Å². The fraction of sp³-hybridized carbons (Fsp3) is 0.300. The van der Waals surface area contributed by atoms with Crippen LogP contribution in [0.4, 0.5) is 10.1 Å². The summed E-state index contributed by atoms with van der Waals surface area (Å²) in [6.45, 7) is 0.379. The molecule has 0 amide bonds. The first-order valence-electron chi connectivity index (χ1n) is 8.74. The van der Waals surface area contributed by atoms with E-state index < -0.39 is 6.67 Å². The third kappa shape index (κ3) is 5.04. The Labute approximate surface area is 158 Å². The Kier molecular flexibility index (Phi) is 6.38. The van der Waals surface area contributed by atoms with Gasteiger partial charge in [-0.2, -0.15) is 0 Å². The van der Waals surface area contributed by atoms with Crippen LogP contribution in [0.15, 0.2) is 54.7 Å². The van der Waals surface area contributed by atoms with Gasteiger partial charge in [-0.05, 0) is 36.4 Å². The van der Waals surface area contributed by atoms with Crippen molar-refractivity contribution in [1.29, 1.82) is 0 Å². The molecule has 3 rings (SSSR count). The fourth-order valence-corrected chi connectivity index (χ4v) is 2.52. The number of ether oxygens (including phenoxy) is 2. The van der Waals surface area contributed by atoms with Gasteiger partial charge in [-0.25, -0.2) is 9.07 Å². The molecular formula is C20H23FN4O2. The van der Waals surface area contributed by atoms with E-state index in [1.54, 1.807) is 4.68 Å². The number of halogens is 1. The number of hydrogen-bond donors (Lipinski definition) is 0. The number of nitrogens with zero attached hydrogens (tertiary/aromatic N) is 4. The van der Waals surface area contributed by atoms with Gasteiger partial charge in [-0.3, -0.25) is 0 Å². The van der Waals surface area contributed by atoms with Crippen molar-refractivity contribution in [3.63, 3.8) is 0 Å². The number of benzene rings is 2. The van der Waals surface area contributed by atoms with Crippen molar-refractivity contribution in [2.24, 2.45) is 0 Å². The van der Waals surface area contributed by atoms with E-state index in [9.17, 15) is 4.39 Å². The van der Waals surface area contributed by atoms with Crippen molar-refractivity contribution in [2.45, 2.75) is 0 Å². The molecule has 0 atom stereocenters. The maximum Gasteiger partial charge on any atom is 0.119 e. The molecule has 0 aliphatic carbocycles. The van der Waals surface area contributed by atoms with Crippen LogP contribution in [0.5, 0.6) is 5.75 Å². The molecule has 0 aliphatic heterocycles. The second-order valence-corrected chi connectivity index (χ2v) is 6.13. The first-order valence-corrected chi connectivity index (χ1v) is 8.74. The molecule has 7 heteroatoms. The minimum absolute atomic E-state index is 0.106. The van der Waals surface area contributed by atoms with Crippen molar-refractivity contribution in [2.75, 3.05) is 45.5 Å². The summed E-state index contributed by atoms with van der Waals surface area (Å²) in [5.74, 6) is 0.724. The summed E-state index contributed by atoms with van der Waals surface area (Å²) < 4.78 is 24.2. The number of aromatic nitrogens is 3. The molecule has 1 heterocycles. The van der Waals surface area contributed by atoms with E-state index in [0.29, 0.717) is 13.2 Å². The van der Waals surface area contributed by atoms with E-state index in [-0.39, 0.29) is 6.61 Å². The number of hydrogen-bond acceptors (Lipinski definition) is 5. The highest BCUT2D eigenvalue weighted by Crippen LogP contribution is 2.22. The first-order chi connectivity index (χ1) is 13.2. The third-order valence-electron chi connectivity index (χ3n) is 3.99. The largest absolute Gasteiger partial charge is 0.491 e. The summed E-state index contributed by atoms with van der Waals surface area (Å²) in [6, 6.07) is 15.7. The van der Waals surface area contributed by atoms with Gasteiger partial charge >= 0.3 is 0 Å². The van der Waals surface area contributed by atoms with E-state index >= 15 is 0 Å². The predicted octanol–water partition coefficient (Wildman–Crippen LogP) is 3.37. The Morgan fingerprint density at radius 1 is 0.963 bits per heavy atom. The average Bonchev–Trinajstić information content (AvgIpc) is 3.18. The van der Waals surface area contributed by atoms with Crippen LogP contribution in [0, 0.1) is 0 Å². The molecule has 6 nitrogen and oxygen atoms in total. The van der Waals surface area contributed by atoms with Crippen LogP contribution >= 0.6 is 0 Å². The second kappa shape index (κ2) is 9.14. The number of alkyl halides is 1. The van der Waals surface area contributed by atoms with E-state index in [4.69, 9.17) is 9.47 Å². The number of anilines is 1. The van der Waals surface area contributed by atoms with Gasteiger partial charge in [0.05, 0.1) is 25.1 Å². The molecule has 0 fully saturated rings. The molecule has 0 unspecified atom stereocenters. The summed E-state index contributed by atoms with van der Waals surface area (Å²) in [7, 11) is 4.02. The van der Waals surface area contributed by atoms with Gasteiger partial charge in [-0.1, -0.05) is 17.3 Å². The molecular weight excluding hydrogens is 347 g/mol. The second-order valence-electron chi connectivity index (χ2n) is 6.13. The van der Waals surface area contributed by atoms with Crippen molar-refractivity contribution in [1.82, 2.24) is 15.0 Å². The van der Waals surface area contributed by atoms with Crippen molar-refractivity contribution in [3.05, 3.63) is 54.7 Å². The van der Waals surface area contributed by atoms with E-state index in [0.717, 1.165) is 28.4 Å². The van der Waals surface area contributed by atoms with Gasteiger partial charge in [-0.15, -0.1) is 5.10 Å². The Morgan fingerprint density at radius 2 is 1.70 bits per heavy atom. The highest BCUT2D eigenvalue weighted by atomic mass is 19.1. The van der Waals surface area contributed by atoms with Gasteiger partial charge in [0.2, 0.25) is 0 Å². The lowest BCUT2D eigenvalue weighted by molar-refractivity contribution is 0.0897. The molecule has 0 radical (unpaired) electrons. The summed E-state index contributed by atoms with van der Waals surface area (Å²) >= 11 is 0. The van der Waals surface area contributed by atoms with Crippen LogP contribution < -0.4 is 9.64 Å². The zero-order chi connectivity index (χ0) is 19.1. The smallest absolute Gasteiger partial charge is 0.119 e. The lowest BCUT2D eigenvalue weighted by Crippen LogP contribution is -2.08. The summed E-state index contributed by atoms with van der Waals surface area (Å²) in [4.78, 5) is 2.05. The highest BCUT2D eigenvalue weighted by molar-refractivity contribution is 5.62. The Bertz CT molecular complexity index is 832. The Hall–Kier alpha value is -2.93. The lowest BCUT2D eigenvalue weighted by atomic mass is 10.1. The number of rotatable bonds is 9. The fourth-order valence-electron chi connectivity index (χ4n) is 2.52. The zero-order valence-corrected chi connectivity index (χ0v) is 15.5. The molecule has 2 aromatic carbocycles. The predicted molar refractivity (Wildman–Crippen MR) is 103 cm³/mol. The molecule has 1 aromatic heterocycles.